The van der Waals surface area contributed by atoms with Crippen LogP contribution in [0.4, 0.5) is 0 Å². The van der Waals surface area contributed by atoms with Crippen molar-refractivity contribution in [1.82, 2.24) is 10.2 Å². The molecule has 1 aliphatic heterocycles. The summed E-state index contributed by atoms with van der Waals surface area (Å²) in [7, 11) is 2.17. The Hall–Kier alpha value is -0.800. The first kappa shape index (κ1) is 11.7. The molecular weight excluding hydrogens is 200 g/mol. The van der Waals surface area contributed by atoms with E-state index in [0.717, 1.165) is 18.1 Å². The van der Waals surface area contributed by atoms with E-state index in [1.165, 1.54) is 19.4 Å². The second-order valence-electron chi connectivity index (χ2n) is 4.86. The van der Waals surface area contributed by atoms with E-state index in [4.69, 9.17) is 4.42 Å². The van der Waals surface area contributed by atoms with E-state index in [1.807, 2.05) is 13.0 Å². The molecule has 1 aromatic rings. The van der Waals surface area contributed by atoms with Crippen LogP contribution < -0.4 is 5.32 Å². The summed E-state index contributed by atoms with van der Waals surface area (Å²) in [4.78, 5) is 2.36. The van der Waals surface area contributed by atoms with E-state index in [2.05, 4.69) is 30.3 Å². The predicted octanol–water partition coefficient (Wildman–Crippen LogP) is 2.33. The molecule has 0 radical (unpaired) electrons. The maximum absolute atomic E-state index is 5.67. The van der Waals surface area contributed by atoms with Gasteiger partial charge in [0.15, 0.2) is 0 Å². The summed E-state index contributed by atoms with van der Waals surface area (Å²) in [6, 6.07) is 5.13. The van der Waals surface area contributed by atoms with Crippen LogP contribution in [0.15, 0.2) is 16.5 Å². The van der Waals surface area contributed by atoms with Gasteiger partial charge < -0.3 is 9.73 Å². The van der Waals surface area contributed by atoms with Crippen LogP contribution in [0.5, 0.6) is 0 Å². The van der Waals surface area contributed by atoms with E-state index in [1.54, 1.807) is 0 Å². The third-order valence-corrected chi connectivity index (χ3v) is 3.50. The summed E-state index contributed by atoms with van der Waals surface area (Å²) in [6.07, 6.45) is 2.61. The van der Waals surface area contributed by atoms with Crippen molar-refractivity contribution in [2.75, 3.05) is 20.1 Å². The van der Waals surface area contributed by atoms with Crippen LogP contribution in [-0.2, 0) is 0 Å². The van der Waals surface area contributed by atoms with Crippen molar-refractivity contribution < 1.29 is 4.42 Å². The van der Waals surface area contributed by atoms with Crippen LogP contribution in [0.3, 0.4) is 0 Å². The van der Waals surface area contributed by atoms with Gasteiger partial charge in [0, 0.05) is 12.6 Å². The molecule has 1 aliphatic rings. The summed E-state index contributed by atoms with van der Waals surface area (Å²) in [6.45, 7) is 6.47. The highest BCUT2D eigenvalue weighted by molar-refractivity contribution is 5.09. The van der Waals surface area contributed by atoms with Crippen LogP contribution >= 0.6 is 0 Å². The van der Waals surface area contributed by atoms with Crippen molar-refractivity contribution in [1.29, 1.82) is 0 Å². The SMILES string of the molecule is Cc1ccc(C(C)N(C)CC2CCCN2)o1. The molecule has 1 fully saturated rings. The van der Waals surface area contributed by atoms with Gasteiger partial charge in [0.2, 0.25) is 0 Å². The maximum atomic E-state index is 5.67. The number of furan rings is 1. The fourth-order valence-electron chi connectivity index (χ4n) is 2.31. The first-order valence-corrected chi connectivity index (χ1v) is 6.17. The lowest BCUT2D eigenvalue weighted by Crippen LogP contribution is -2.36. The smallest absolute Gasteiger partial charge is 0.121 e. The van der Waals surface area contributed by atoms with E-state index in [0.29, 0.717) is 12.1 Å². The van der Waals surface area contributed by atoms with Gasteiger partial charge in [-0.2, -0.15) is 0 Å². The van der Waals surface area contributed by atoms with Gasteiger partial charge in [0.1, 0.15) is 11.5 Å². The van der Waals surface area contributed by atoms with Gasteiger partial charge in [0.25, 0.3) is 0 Å². The van der Waals surface area contributed by atoms with Gasteiger partial charge in [-0.3, -0.25) is 4.90 Å². The molecule has 0 spiro atoms. The molecule has 0 bridgehead atoms. The average Bonchev–Trinajstić information content (AvgIpc) is 2.88. The maximum Gasteiger partial charge on any atom is 0.121 e. The Bertz CT molecular complexity index is 328. The van der Waals surface area contributed by atoms with E-state index in [9.17, 15) is 0 Å². The topological polar surface area (TPSA) is 28.4 Å². The molecule has 90 valence electrons. The van der Waals surface area contributed by atoms with Gasteiger partial charge >= 0.3 is 0 Å². The molecule has 3 nitrogen and oxygen atoms in total. The first-order chi connectivity index (χ1) is 7.66. The molecule has 16 heavy (non-hydrogen) atoms. The second-order valence-corrected chi connectivity index (χ2v) is 4.86. The molecule has 0 saturated carbocycles. The Morgan fingerprint density at radius 3 is 2.94 bits per heavy atom. The number of rotatable bonds is 4. The number of hydrogen-bond acceptors (Lipinski definition) is 3. The molecule has 1 saturated heterocycles. The minimum Gasteiger partial charge on any atom is -0.465 e. The summed E-state index contributed by atoms with van der Waals surface area (Å²) in [5.74, 6) is 2.06. The predicted molar refractivity (Wildman–Crippen MR) is 65.5 cm³/mol. The molecule has 1 N–H and O–H groups in total. The molecular formula is C13H22N2O. The van der Waals surface area contributed by atoms with Crippen LogP contribution in [0.2, 0.25) is 0 Å². The third kappa shape index (κ3) is 2.66. The molecule has 2 atom stereocenters. The van der Waals surface area contributed by atoms with Crippen molar-refractivity contribution in [2.45, 2.75) is 38.8 Å². The number of hydrogen-bond donors (Lipinski definition) is 1. The van der Waals surface area contributed by atoms with Gasteiger partial charge in [-0.25, -0.2) is 0 Å². The highest BCUT2D eigenvalue weighted by atomic mass is 16.3. The summed E-state index contributed by atoms with van der Waals surface area (Å²) >= 11 is 0. The van der Waals surface area contributed by atoms with Gasteiger partial charge in [-0.05, 0) is 52.4 Å². The number of nitrogens with one attached hydrogen (secondary N) is 1. The summed E-state index contributed by atoms with van der Waals surface area (Å²) < 4.78 is 5.67. The normalized spacial score (nSPS) is 22.9. The zero-order valence-electron chi connectivity index (χ0n) is 10.5. The van der Waals surface area contributed by atoms with E-state index in [-0.39, 0.29) is 0 Å². The largest absolute Gasteiger partial charge is 0.465 e. The molecule has 0 amide bonds. The van der Waals surface area contributed by atoms with Crippen LogP contribution in [-0.4, -0.2) is 31.1 Å². The number of nitrogens with zero attached hydrogens (tertiary/aromatic N) is 1. The van der Waals surface area contributed by atoms with Crippen molar-refractivity contribution >= 4 is 0 Å². The van der Waals surface area contributed by atoms with Crippen LogP contribution in [0.1, 0.15) is 37.3 Å². The lowest BCUT2D eigenvalue weighted by Gasteiger charge is -2.26. The molecule has 0 aliphatic carbocycles. The molecule has 3 heteroatoms. The lowest BCUT2D eigenvalue weighted by atomic mass is 10.1. The van der Waals surface area contributed by atoms with Crippen molar-refractivity contribution in [2.24, 2.45) is 0 Å². The van der Waals surface area contributed by atoms with Crippen molar-refractivity contribution in [3.05, 3.63) is 23.7 Å². The Morgan fingerprint density at radius 1 is 1.56 bits per heavy atom. The first-order valence-electron chi connectivity index (χ1n) is 6.17. The van der Waals surface area contributed by atoms with Crippen LogP contribution in [0, 0.1) is 6.92 Å². The quantitative estimate of drug-likeness (QED) is 0.847. The minimum atomic E-state index is 0.357. The zero-order chi connectivity index (χ0) is 11.5. The average molecular weight is 222 g/mol. The molecule has 2 heterocycles. The Kier molecular flexibility index (Phi) is 3.66. The summed E-state index contributed by atoms with van der Waals surface area (Å²) in [5.41, 5.74) is 0. The second kappa shape index (κ2) is 5.02. The van der Waals surface area contributed by atoms with E-state index < -0.39 is 0 Å². The van der Waals surface area contributed by atoms with Crippen LogP contribution in [0.25, 0.3) is 0 Å². The van der Waals surface area contributed by atoms with Gasteiger partial charge in [-0.1, -0.05) is 0 Å². The standard InChI is InChI=1S/C13H22N2O/c1-10-6-7-13(16-10)11(2)15(3)9-12-5-4-8-14-12/h6-7,11-12,14H,4-5,8-9H2,1-3H3. The number of likely N-dealkylation sites (N-methyl/N-ethyl adjacent to an activating group) is 1. The van der Waals surface area contributed by atoms with Crippen molar-refractivity contribution in [3.63, 3.8) is 0 Å². The molecule has 2 rings (SSSR count). The molecule has 0 aromatic carbocycles. The molecule has 1 aromatic heterocycles. The third-order valence-electron chi connectivity index (χ3n) is 3.50. The fraction of sp³-hybridized carbons (Fsp3) is 0.692. The number of aryl methyl sites for hydroxylation is 1. The summed E-state index contributed by atoms with van der Waals surface area (Å²) in [5, 5.41) is 3.53. The monoisotopic (exact) mass is 222 g/mol. The van der Waals surface area contributed by atoms with Gasteiger partial charge in [0.05, 0.1) is 6.04 Å². The fourth-order valence-corrected chi connectivity index (χ4v) is 2.31. The Labute approximate surface area is 97.8 Å². The van der Waals surface area contributed by atoms with Crippen molar-refractivity contribution in [3.8, 4) is 0 Å². The Balaban J connectivity index is 1.90. The Morgan fingerprint density at radius 2 is 2.38 bits per heavy atom. The highest BCUT2D eigenvalue weighted by Gasteiger charge is 2.20. The zero-order valence-corrected chi connectivity index (χ0v) is 10.5. The highest BCUT2D eigenvalue weighted by Crippen LogP contribution is 2.21. The van der Waals surface area contributed by atoms with Gasteiger partial charge in [-0.15, -0.1) is 0 Å². The minimum absolute atomic E-state index is 0.357. The van der Waals surface area contributed by atoms with E-state index >= 15 is 0 Å². The molecule has 2 unspecified atom stereocenters. The lowest BCUT2D eigenvalue weighted by molar-refractivity contribution is 0.211.